The normalized spacial score (nSPS) is 29.3. The van der Waals surface area contributed by atoms with Crippen molar-refractivity contribution in [2.45, 2.75) is 6.42 Å². The van der Waals surface area contributed by atoms with E-state index in [0.717, 1.165) is 32.6 Å². The van der Waals surface area contributed by atoms with Gasteiger partial charge in [-0.15, -0.1) is 0 Å². The van der Waals surface area contributed by atoms with Gasteiger partial charge in [0.15, 0.2) is 0 Å². The Bertz CT molecular complexity index is 81.0. The highest BCUT2D eigenvalue weighted by Crippen LogP contribution is 2.12. The number of hydrogen-bond acceptors (Lipinski definition) is 2. The van der Waals surface area contributed by atoms with Crippen LogP contribution in [0.4, 0.5) is 0 Å². The molecule has 0 aromatic carbocycles. The molecular formula is C7H14N2. The molecule has 0 amide bonds. The second kappa shape index (κ2) is 3.18. The molecule has 0 spiro atoms. The van der Waals surface area contributed by atoms with Crippen LogP contribution < -0.4 is 5.73 Å². The van der Waals surface area contributed by atoms with Gasteiger partial charge in [-0.2, -0.15) is 0 Å². The quantitative estimate of drug-likeness (QED) is 0.563. The summed E-state index contributed by atoms with van der Waals surface area (Å²) < 4.78 is 0. The minimum Gasteiger partial charge on any atom is -0.329 e. The summed E-state index contributed by atoms with van der Waals surface area (Å²) in [4.78, 5) is 2.31. The first-order valence-corrected chi connectivity index (χ1v) is 3.51. The van der Waals surface area contributed by atoms with E-state index in [2.05, 4.69) is 4.90 Å². The third-order valence-corrected chi connectivity index (χ3v) is 1.75. The maximum atomic E-state index is 5.67. The third kappa shape index (κ3) is 1.95. The van der Waals surface area contributed by atoms with Crippen LogP contribution >= 0.6 is 0 Å². The van der Waals surface area contributed by atoms with Crippen molar-refractivity contribution in [2.75, 3.05) is 26.2 Å². The van der Waals surface area contributed by atoms with E-state index in [4.69, 9.17) is 12.7 Å². The number of rotatable bonds is 2. The first kappa shape index (κ1) is 7.03. The fraction of sp³-hybridized carbons (Fsp3) is 0.857. The van der Waals surface area contributed by atoms with Crippen molar-refractivity contribution in [3.63, 3.8) is 0 Å². The zero-order valence-electron chi connectivity index (χ0n) is 5.71. The second-order valence-corrected chi connectivity index (χ2v) is 2.64. The molecule has 1 heterocycles. The van der Waals surface area contributed by atoms with Crippen molar-refractivity contribution in [3.05, 3.63) is 6.92 Å². The van der Waals surface area contributed by atoms with Crippen LogP contribution in [0.2, 0.25) is 0 Å². The highest BCUT2D eigenvalue weighted by Gasteiger charge is 2.16. The molecule has 0 bridgehead atoms. The lowest BCUT2D eigenvalue weighted by atomic mass is 10.2. The topological polar surface area (TPSA) is 29.3 Å². The van der Waals surface area contributed by atoms with Crippen LogP contribution in [0.1, 0.15) is 6.42 Å². The molecule has 0 aliphatic carbocycles. The molecule has 2 N–H and O–H groups in total. The smallest absolute Gasteiger partial charge is 0.0105 e. The molecule has 1 rings (SSSR count). The SMILES string of the molecule is [CH]C1CCN(CCN)C1. The van der Waals surface area contributed by atoms with E-state index < -0.39 is 0 Å². The maximum absolute atomic E-state index is 5.67. The van der Waals surface area contributed by atoms with Crippen LogP contribution in [-0.4, -0.2) is 31.1 Å². The Morgan fingerprint density at radius 1 is 1.67 bits per heavy atom. The number of likely N-dealkylation sites (tertiary alicyclic amines) is 1. The molecule has 1 aliphatic heterocycles. The molecule has 2 heteroatoms. The molecule has 0 aromatic rings. The highest BCUT2D eigenvalue weighted by molar-refractivity contribution is 4.76. The molecule has 1 saturated heterocycles. The van der Waals surface area contributed by atoms with E-state index >= 15 is 0 Å². The maximum Gasteiger partial charge on any atom is 0.0105 e. The lowest BCUT2D eigenvalue weighted by Gasteiger charge is -2.12. The van der Waals surface area contributed by atoms with E-state index in [0.29, 0.717) is 5.92 Å². The Balaban J connectivity index is 2.14. The molecule has 1 unspecified atom stereocenters. The Labute approximate surface area is 57.0 Å². The lowest BCUT2D eigenvalue weighted by molar-refractivity contribution is 0.341. The van der Waals surface area contributed by atoms with Gasteiger partial charge in [0.2, 0.25) is 0 Å². The predicted octanol–water partition coefficient (Wildman–Crippen LogP) is -0.0219. The summed E-state index contributed by atoms with van der Waals surface area (Å²) in [5.41, 5.74) is 5.37. The Hall–Kier alpha value is -0.0800. The molecule has 9 heavy (non-hydrogen) atoms. The van der Waals surface area contributed by atoms with Crippen LogP contribution in [0.25, 0.3) is 0 Å². The van der Waals surface area contributed by atoms with Gasteiger partial charge in [-0.05, 0) is 25.8 Å². The van der Waals surface area contributed by atoms with Gasteiger partial charge in [0.25, 0.3) is 0 Å². The second-order valence-electron chi connectivity index (χ2n) is 2.64. The van der Waals surface area contributed by atoms with Gasteiger partial charge in [0, 0.05) is 19.6 Å². The van der Waals surface area contributed by atoms with Crippen molar-refractivity contribution < 1.29 is 0 Å². The van der Waals surface area contributed by atoms with E-state index in [9.17, 15) is 0 Å². The molecule has 52 valence electrons. The van der Waals surface area contributed by atoms with Gasteiger partial charge in [-0.1, -0.05) is 0 Å². The number of hydrogen-bond donors (Lipinski definition) is 1. The van der Waals surface area contributed by atoms with Crippen molar-refractivity contribution in [2.24, 2.45) is 11.7 Å². The van der Waals surface area contributed by atoms with Crippen LogP contribution in [0, 0.1) is 12.8 Å². The van der Waals surface area contributed by atoms with Crippen LogP contribution in [0.15, 0.2) is 0 Å². The summed E-state index contributed by atoms with van der Waals surface area (Å²) in [6.07, 6.45) is 1.14. The summed E-state index contributed by atoms with van der Waals surface area (Å²) in [5.74, 6) is 0.400. The van der Waals surface area contributed by atoms with Crippen LogP contribution in [0.3, 0.4) is 0 Å². The van der Waals surface area contributed by atoms with Crippen molar-refractivity contribution in [1.82, 2.24) is 4.90 Å². The number of nitrogens with two attached hydrogens (primary N) is 1. The summed E-state index contributed by atoms with van der Waals surface area (Å²) in [7, 11) is 0. The summed E-state index contributed by atoms with van der Waals surface area (Å²) >= 11 is 0. The molecule has 0 saturated carbocycles. The van der Waals surface area contributed by atoms with Gasteiger partial charge in [-0.25, -0.2) is 0 Å². The molecule has 1 aliphatic rings. The molecule has 1 atom stereocenters. The van der Waals surface area contributed by atoms with Crippen molar-refractivity contribution in [1.29, 1.82) is 0 Å². The minimum absolute atomic E-state index is 0.400. The minimum atomic E-state index is 0.400. The number of nitrogens with zero attached hydrogens (tertiary/aromatic N) is 1. The average Bonchev–Trinajstić information content (AvgIpc) is 2.17. The van der Waals surface area contributed by atoms with Gasteiger partial charge >= 0.3 is 0 Å². The van der Waals surface area contributed by atoms with Gasteiger partial charge < -0.3 is 10.6 Å². The molecule has 1 fully saturated rings. The lowest BCUT2D eigenvalue weighted by Crippen LogP contribution is -2.26. The fourth-order valence-electron chi connectivity index (χ4n) is 1.25. The monoisotopic (exact) mass is 126 g/mol. The summed E-state index contributed by atoms with van der Waals surface area (Å²) in [5, 5.41) is 0. The van der Waals surface area contributed by atoms with E-state index in [1.807, 2.05) is 0 Å². The first-order chi connectivity index (χ1) is 4.33. The van der Waals surface area contributed by atoms with Gasteiger partial charge in [-0.3, -0.25) is 0 Å². The summed E-state index contributed by atoms with van der Waals surface area (Å²) in [6.45, 7) is 9.61. The zero-order chi connectivity index (χ0) is 6.69. The first-order valence-electron chi connectivity index (χ1n) is 3.51. The average molecular weight is 126 g/mol. The zero-order valence-corrected chi connectivity index (χ0v) is 5.71. The summed E-state index contributed by atoms with van der Waals surface area (Å²) in [6, 6.07) is 0. The van der Waals surface area contributed by atoms with E-state index in [-0.39, 0.29) is 0 Å². The Morgan fingerprint density at radius 3 is 2.89 bits per heavy atom. The van der Waals surface area contributed by atoms with Crippen molar-refractivity contribution >= 4 is 0 Å². The molecular weight excluding hydrogens is 112 g/mol. The third-order valence-electron chi connectivity index (χ3n) is 1.75. The predicted molar refractivity (Wildman–Crippen MR) is 37.9 cm³/mol. The highest BCUT2D eigenvalue weighted by atomic mass is 15.1. The van der Waals surface area contributed by atoms with Gasteiger partial charge in [0.1, 0.15) is 0 Å². The van der Waals surface area contributed by atoms with Crippen LogP contribution in [0.5, 0.6) is 0 Å². The Morgan fingerprint density at radius 2 is 2.44 bits per heavy atom. The Kier molecular flexibility index (Phi) is 2.49. The van der Waals surface area contributed by atoms with Crippen molar-refractivity contribution in [3.8, 4) is 0 Å². The standard InChI is InChI=1S/C7H14N2/c1-7-2-4-9(6-7)5-3-8/h1,7H,2-6,8H2. The molecule has 2 nitrogen and oxygen atoms in total. The van der Waals surface area contributed by atoms with Crippen LogP contribution in [-0.2, 0) is 0 Å². The van der Waals surface area contributed by atoms with E-state index in [1.165, 1.54) is 0 Å². The molecule has 0 aromatic heterocycles. The largest absolute Gasteiger partial charge is 0.329 e. The van der Waals surface area contributed by atoms with E-state index in [1.54, 1.807) is 0 Å². The fourth-order valence-corrected chi connectivity index (χ4v) is 1.25. The van der Waals surface area contributed by atoms with Gasteiger partial charge in [0.05, 0.1) is 0 Å². The molecule has 2 radical (unpaired) electrons.